The number of rotatable bonds is 3. The van der Waals surface area contributed by atoms with Gasteiger partial charge in [-0.05, 0) is 26.8 Å². The topological polar surface area (TPSA) is 45.1 Å². The number of hydrogen-bond acceptors (Lipinski definition) is 3. The van der Waals surface area contributed by atoms with Gasteiger partial charge in [-0.2, -0.15) is 0 Å². The predicted molar refractivity (Wildman–Crippen MR) is 56.9 cm³/mol. The van der Waals surface area contributed by atoms with Crippen molar-refractivity contribution in [1.29, 1.82) is 0 Å². The maximum atomic E-state index is 13.2. The number of nitrogens with one attached hydrogen (secondary N) is 1. The summed E-state index contributed by atoms with van der Waals surface area (Å²) >= 11 is 0. The lowest BCUT2D eigenvalue weighted by molar-refractivity contribution is 0.159. The molecule has 0 aliphatic carbocycles. The van der Waals surface area contributed by atoms with Gasteiger partial charge < -0.3 is 10.4 Å². The van der Waals surface area contributed by atoms with E-state index in [0.717, 1.165) is 6.20 Å². The molecule has 1 rings (SSSR count). The molecule has 0 bridgehead atoms. The highest BCUT2D eigenvalue weighted by atomic mass is 19.1. The van der Waals surface area contributed by atoms with Crippen LogP contribution in [-0.2, 0) is 0 Å². The fraction of sp³-hybridized carbons (Fsp3) is 0.545. The second-order valence-corrected chi connectivity index (χ2v) is 4.54. The molecule has 0 saturated carbocycles. The molecule has 0 aliphatic heterocycles. The minimum absolute atomic E-state index is 0.0928. The first-order chi connectivity index (χ1) is 6.90. The van der Waals surface area contributed by atoms with Gasteiger partial charge in [0.25, 0.3) is 0 Å². The van der Waals surface area contributed by atoms with Crippen LogP contribution < -0.4 is 5.32 Å². The summed E-state index contributed by atoms with van der Waals surface area (Å²) in [4.78, 5) is 3.63. The van der Waals surface area contributed by atoms with Crippen molar-refractivity contribution in [2.24, 2.45) is 0 Å². The van der Waals surface area contributed by atoms with Crippen LogP contribution in [-0.4, -0.2) is 22.2 Å². The Morgan fingerprint density at radius 2 is 2.20 bits per heavy atom. The van der Waals surface area contributed by atoms with Crippen molar-refractivity contribution in [2.45, 2.75) is 32.4 Å². The van der Waals surface area contributed by atoms with Gasteiger partial charge in [0.1, 0.15) is 5.82 Å². The smallest absolute Gasteiger partial charge is 0.147 e. The van der Waals surface area contributed by atoms with E-state index in [2.05, 4.69) is 10.3 Å². The van der Waals surface area contributed by atoms with Crippen molar-refractivity contribution in [3.05, 3.63) is 29.8 Å². The lowest BCUT2D eigenvalue weighted by Gasteiger charge is -2.23. The van der Waals surface area contributed by atoms with E-state index in [1.165, 1.54) is 12.3 Å². The number of hydrogen-bond donors (Lipinski definition) is 2. The zero-order chi connectivity index (χ0) is 11.5. The molecule has 0 aromatic carbocycles. The van der Waals surface area contributed by atoms with E-state index in [4.69, 9.17) is 0 Å². The lowest BCUT2D eigenvalue weighted by Crippen LogP contribution is -2.38. The number of aliphatic hydroxyl groups is 1. The fourth-order valence-corrected chi connectivity index (χ4v) is 1.17. The maximum Gasteiger partial charge on any atom is 0.147 e. The first kappa shape index (κ1) is 12.1. The first-order valence-corrected chi connectivity index (χ1v) is 4.92. The second kappa shape index (κ2) is 4.68. The standard InChI is InChI=1S/C11H17FN2O/c1-11(2,3)14-7-10(15)8-4-5-13-6-9(8)12/h4-6,10,14-15H,7H2,1-3H3. The molecule has 1 aromatic heterocycles. The SMILES string of the molecule is CC(C)(C)NCC(O)c1ccncc1F. The highest BCUT2D eigenvalue weighted by Crippen LogP contribution is 2.15. The monoisotopic (exact) mass is 212 g/mol. The van der Waals surface area contributed by atoms with Crippen LogP contribution in [0.25, 0.3) is 0 Å². The molecule has 0 amide bonds. The third kappa shape index (κ3) is 3.93. The van der Waals surface area contributed by atoms with E-state index in [-0.39, 0.29) is 11.1 Å². The van der Waals surface area contributed by atoms with E-state index in [0.29, 0.717) is 6.54 Å². The van der Waals surface area contributed by atoms with Crippen molar-refractivity contribution in [3.8, 4) is 0 Å². The zero-order valence-electron chi connectivity index (χ0n) is 9.29. The Bertz CT molecular complexity index is 323. The van der Waals surface area contributed by atoms with Crippen LogP contribution in [0.15, 0.2) is 18.5 Å². The minimum Gasteiger partial charge on any atom is -0.387 e. The third-order valence-corrected chi connectivity index (χ3v) is 1.99. The maximum absolute atomic E-state index is 13.2. The van der Waals surface area contributed by atoms with Crippen molar-refractivity contribution in [3.63, 3.8) is 0 Å². The molecule has 1 aromatic rings. The molecule has 0 aliphatic rings. The Labute approximate surface area is 89.4 Å². The van der Waals surface area contributed by atoms with E-state index >= 15 is 0 Å². The molecule has 15 heavy (non-hydrogen) atoms. The van der Waals surface area contributed by atoms with Gasteiger partial charge in [-0.25, -0.2) is 4.39 Å². The van der Waals surface area contributed by atoms with Gasteiger partial charge >= 0.3 is 0 Å². The largest absolute Gasteiger partial charge is 0.387 e. The summed E-state index contributed by atoms with van der Waals surface area (Å²) in [6, 6.07) is 1.49. The molecular formula is C11H17FN2O. The normalized spacial score (nSPS) is 13.9. The molecule has 0 fully saturated rings. The Kier molecular flexibility index (Phi) is 3.77. The summed E-state index contributed by atoms with van der Waals surface area (Å²) in [6.07, 6.45) is 1.74. The Morgan fingerprint density at radius 1 is 1.53 bits per heavy atom. The second-order valence-electron chi connectivity index (χ2n) is 4.54. The molecule has 1 atom stereocenters. The molecule has 1 heterocycles. The number of pyridine rings is 1. The van der Waals surface area contributed by atoms with E-state index in [1.54, 1.807) is 0 Å². The van der Waals surface area contributed by atoms with Crippen LogP contribution in [0.5, 0.6) is 0 Å². The number of β-amino-alcohol motifs (C(OH)–C–C–N with tert-alkyl or cyclic N) is 1. The number of halogens is 1. The lowest BCUT2D eigenvalue weighted by atomic mass is 10.1. The summed E-state index contributed by atoms with van der Waals surface area (Å²) in [7, 11) is 0. The van der Waals surface area contributed by atoms with E-state index in [1.807, 2.05) is 20.8 Å². The van der Waals surface area contributed by atoms with E-state index in [9.17, 15) is 9.50 Å². The average molecular weight is 212 g/mol. The van der Waals surface area contributed by atoms with Crippen LogP contribution >= 0.6 is 0 Å². The average Bonchev–Trinajstić information content (AvgIpc) is 2.14. The van der Waals surface area contributed by atoms with Crippen LogP contribution in [0, 0.1) is 5.82 Å². The van der Waals surface area contributed by atoms with Crippen molar-refractivity contribution in [2.75, 3.05) is 6.54 Å². The summed E-state index contributed by atoms with van der Waals surface area (Å²) in [5, 5.41) is 12.8. The van der Waals surface area contributed by atoms with Gasteiger partial charge in [0.2, 0.25) is 0 Å². The summed E-state index contributed by atoms with van der Waals surface area (Å²) in [5.41, 5.74) is 0.187. The van der Waals surface area contributed by atoms with Gasteiger partial charge in [-0.1, -0.05) is 0 Å². The molecular weight excluding hydrogens is 195 g/mol. The Morgan fingerprint density at radius 3 is 2.73 bits per heavy atom. The zero-order valence-corrected chi connectivity index (χ0v) is 9.29. The molecule has 0 spiro atoms. The highest BCUT2D eigenvalue weighted by molar-refractivity contribution is 5.15. The van der Waals surface area contributed by atoms with Crippen LogP contribution in [0.3, 0.4) is 0 Å². The van der Waals surface area contributed by atoms with Crippen LogP contribution in [0.4, 0.5) is 4.39 Å². The molecule has 1 unspecified atom stereocenters. The Balaban J connectivity index is 2.62. The van der Waals surface area contributed by atoms with Gasteiger partial charge in [-0.15, -0.1) is 0 Å². The Hall–Kier alpha value is -1.00. The summed E-state index contributed by atoms with van der Waals surface area (Å²) < 4.78 is 13.2. The minimum atomic E-state index is -0.841. The molecule has 0 radical (unpaired) electrons. The molecule has 2 N–H and O–H groups in total. The van der Waals surface area contributed by atoms with Gasteiger partial charge in [0, 0.05) is 23.8 Å². The molecule has 4 heteroatoms. The highest BCUT2D eigenvalue weighted by Gasteiger charge is 2.16. The molecule has 3 nitrogen and oxygen atoms in total. The fourth-order valence-electron chi connectivity index (χ4n) is 1.17. The molecule has 84 valence electrons. The third-order valence-electron chi connectivity index (χ3n) is 1.99. The van der Waals surface area contributed by atoms with Crippen molar-refractivity contribution < 1.29 is 9.50 Å². The van der Waals surface area contributed by atoms with E-state index < -0.39 is 11.9 Å². The summed E-state index contributed by atoms with van der Waals surface area (Å²) in [6.45, 7) is 6.29. The molecule has 0 saturated heterocycles. The number of aromatic nitrogens is 1. The van der Waals surface area contributed by atoms with Gasteiger partial charge in [0.05, 0.1) is 12.3 Å². The number of aliphatic hydroxyl groups excluding tert-OH is 1. The quantitative estimate of drug-likeness (QED) is 0.800. The van der Waals surface area contributed by atoms with Gasteiger partial charge in [0.15, 0.2) is 0 Å². The van der Waals surface area contributed by atoms with Gasteiger partial charge in [-0.3, -0.25) is 4.98 Å². The van der Waals surface area contributed by atoms with Crippen molar-refractivity contribution >= 4 is 0 Å². The first-order valence-electron chi connectivity index (χ1n) is 4.92. The summed E-state index contributed by atoms with van der Waals surface area (Å²) in [5.74, 6) is -0.472. The predicted octanol–water partition coefficient (Wildman–Crippen LogP) is 1.64. The van der Waals surface area contributed by atoms with Crippen LogP contribution in [0.2, 0.25) is 0 Å². The van der Waals surface area contributed by atoms with Crippen molar-refractivity contribution in [1.82, 2.24) is 10.3 Å². The number of nitrogens with zero attached hydrogens (tertiary/aromatic N) is 1. The van der Waals surface area contributed by atoms with Crippen LogP contribution in [0.1, 0.15) is 32.4 Å².